The second-order valence-electron chi connectivity index (χ2n) is 2.35. The van der Waals surface area contributed by atoms with Crippen molar-refractivity contribution in [2.45, 2.75) is 6.42 Å². The van der Waals surface area contributed by atoms with Crippen LogP contribution < -0.4 is 0 Å². The summed E-state index contributed by atoms with van der Waals surface area (Å²) in [4.78, 5) is 0. The minimum absolute atomic E-state index is 0.0347. The molecule has 0 saturated heterocycles. The number of hydrogen-bond donors (Lipinski definition) is 2. The largest absolute Gasteiger partial charge is 0.396 e. The Balaban J connectivity index is 2.76. The van der Waals surface area contributed by atoms with Gasteiger partial charge in [0.25, 0.3) is 0 Å². The van der Waals surface area contributed by atoms with Crippen molar-refractivity contribution in [2.24, 2.45) is 0 Å². The smallest absolute Gasteiger partial charge is 0.146 e. The summed E-state index contributed by atoms with van der Waals surface area (Å²) in [5.41, 5.74) is 0. The molecule has 0 aromatic heterocycles. The van der Waals surface area contributed by atoms with Gasteiger partial charge in [-0.05, 0) is 6.42 Å². The molecule has 0 aromatic rings. The SMILES string of the molecule is OCCCOCOCCOCCO. The molecule has 80 valence electrons. The van der Waals surface area contributed by atoms with Crippen molar-refractivity contribution in [1.82, 2.24) is 0 Å². The summed E-state index contributed by atoms with van der Waals surface area (Å²) >= 11 is 0. The van der Waals surface area contributed by atoms with Crippen LogP contribution in [0.4, 0.5) is 0 Å². The molecule has 0 heterocycles. The predicted octanol–water partition coefficient (Wildman–Crippen LogP) is -0.632. The van der Waals surface area contributed by atoms with Crippen LogP contribution in [0.15, 0.2) is 0 Å². The van der Waals surface area contributed by atoms with E-state index in [0.717, 1.165) is 0 Å². The van der Waals surface area contributed by atoms with E-state index < -0.39 is 0 Å². The van der Waals surface area contributed by atoms with E-state index in [1.165, 1.54) is 0 Å². The Labute approximate surface area is 78.2 Å². The number of hydrogen-bond acceptors (Lipinski definition) is 5. The Bertz CT molecular complexity index is 78.6. The van der Waals surface area contributed by atoms with Crippen molar-refractivity contribution in [3.63, 3.8) is 0 Å². The van der Waals surface area contributed by atoms with E-state index in [4.69, 9.17) is 24.4 Å². The minimum Gasteiger partial charge on any atom is -0.396 e. The van der Waals surface area contributed by atoms with Crippen LogP contribution in [0, 0.1) is 0 Å². The van der Waals surface area contributed by atoms with Gasteiger partial charge in [0.1, 0.15) is 6.79 Å². The molecule has 0 aliphatic heterocycles. The molecule has 0 amide bonds. The fourth-order valence-corrected chi connectivity index (χ4v) is 0.628. The van der Waals surface area contributed by atoms with Gasteiger partial charge in [0.15, 0.2) is 0 Å². The highest BCUT2D eigenvalue weighted by atomic mass is 16.7. The molecule has 0 fully saturated rings. The highest BCUT2D eigenvalue weighted by Crippen LogP contribution is 1.83. The Hall–Kier alpha value is -0.200. The molecule has 0 unspecified atom stereocenters. The molecule has 0 spiro atoms. The summed E-state index contributed by atoms with van der Waals surface area (Å²) in [5.74, 6) is 0. The first-order valence-electron chi connectivity index (χ1n) is 4.36. The van der Waals surface area contributed by atoms with Gasteiger partial charge in [0, 0.05) is 6.61 Å². The van der Waals surface area contributed by atoms with Crippen LogP contribution >= 0.6 is 0 Å². The lowest BCUT2D eigenvalue weighted by Crippen LogP contribution is -2.09. The second kappa shape index (κ2) is 11.8. The maximum atomic E-state index is 8.40. The number of ether oxygens (including phenoxy) is 3. The van der Waals surface area contributed by atoms with Crippen molar-refractivity contribution < 1.29 is 24.4 Å². The Kier molecular flexibility index (Phi) is 11.6. The average molecular weight is 194 g/mol. The monoisotopic (exact) mass is 194 g/mol. The number of aliphatic hydroxyl groups excluding tert-OH is 2. The van der Waals surface area contributed by atoms with Gasteiger partial charge in [-0.1, -0.05) is 0 Å². The molecule has 0 saturated carbocycles. The zero-order valence-corrected chi connectivity index (χ0v) is 7.78. The molecule has 0 aliphatic rings. The number of rotatable bonds is 10. The molecule has 0 rings (SSSR count). The summed E-state index contributed by atoms with van der Waals surface area (Å²) in [6.07, 6.45) is 0.629. The third-order valence-corrected chi connectivity index (χ3v) is 1.22. The van der Waals surface area contributed by atoms with Gasteiger partial charge in [-0.3, -0.25) is 0 Å². The first-order valence-corrected chi connectivity index (χ1v) is 4.36. The highest BCUT2D eigenvalue weighted by Gasteiger charge is 1.89. The molecule has 0 bridgehead atoms. The van der Waals surface area contributed by atoms with E-state index in [1.54, 1.807) is 0 Å². The van der Waals surface area contributed by atoms with Gasteiger partial charge in [-0.2, -0.15) is 0 Å². The van der Waals surface area contributed by atoms with Gasteiger partial charge in [-0.25, -0.2) is 0 Å². The molecule has 0 atom stereocenters. The van der Waals surface area contributed by atoms with Crippen LogP contribution in [0.2, 0.25) is 0 Å². The second-order valence-corrected chi connectivity index (χ2v) is 2.35. The molecular formula is C8H18O5. The van der Waals surface area contributed by atoms with Crippen LogP contribution in [0.3, 0.4) is 0 Å². The van der Waals surface area contributed by atoms with E-state index in [0.29, 0.717) is 32.8 Å². The first kappa shape index (κ1) is 12.8. The van der Waals surface area contributed by atoms with Crippen molar-refractivity contribution >= 4 is 0 Å². The van der Waals surface area contributed by atoms with Crippen molar-refractivity contribution in [3.05, 3.63) is 0 Å². The topological polar surface area (TPSA) is 68.2 Å². The van der Waals surface area contributed by atoms with Crippen LogP contribution in [-0.2, 0) is 14.2 Å². The Morgan fingerprint density at radius 1 is 0.692 bits per heavy atom. The van der Waals surface area contributed by atoms with Crippen molar-refractivity contribution in [3.8, 4) is 0 Å². The average Bonchev–Trinajstić information content (AvgIpc) is 2.16. The third kappa shape index (κ3) is 11.8. The summed E-state index contributed by atoms with van der Waals surface area (Å²) in [6.45, 7) is 2.17. The lowest BCUT2D eigenvalue weighted by atomic mass is 10.5. The molecule has 2 N–H and O–H groups in total. The lowest BCUT2D eigenvalue weighted by molar-refractivity contribution is -0.0728. The zero-order chi connectivity index (χ0) is 9.78. The van der Waals surface area contributed by atoms with Crippen LogP contribution in [0.5, 0.6) is 0 Å². The van der Waals surface area contributed by atoms with Crippen LogP contribution in [0.25, 0.3) is 0 Å². The van der Waals surface area contributed by atoms with E-state index in [1.807, 2.05) is 0 Å². The zero-order valence-electron chi connectivity index (χ0n) is 7.78. The summed E-state index contributed by atoms with van der Waals surface area (Å²) in [7, 11) is 0. The summed E-state index contributed by atoms with van der Waals surface area (Å²) < 4.78 is 14.9. The van der Waals surface area contributed by atoms with E-state index in [2.05, 4.69) is 0 Å². The summed E-state index contributed by atoms with van der Waals surface area (Å²) in [6, 6.07) is 0. The fourth-order valence-electron chi connectivity index (χ4n) is 0.628. The minimum atomic E-state index is 0.0347. The highest BCUT2D eigenvalue weighted by molar-refractivity contribution is 4.30. The Morgan fingerprint density at radius 3 is 2.08 bits per heavy atom. The molecule has 5 nitrogen and oxygen atoms in total. The van der Waals surface area contributed by atoms with Gasteiger partial charge >= 0.3 is 0 Å². The molecule has 13 heavy (non-hydrogen) atoms. The van der Waals surface area contributed by atoms with Gasteiger partial charge in [0.2, 0.25) is 0 Å². The molecular weight excluding hydrogens is 176 g/mol. The predicted molar refractivity (Wildman–Crippen MR) is 46.4 cm³/mol. The van der Waals surface area contributed by atoms with Crippen molar-refractivity contribution in [2.75, 3.05) is 46.4 Å². The molecule has 0 radical (unpaired) electrons. The normalized spacial score (nSPS) is 10.6. The van der Waals surface area contributed by atoms with Crippen LogP contribution in [0.1, 0.15) is 6.42 Å². The maximum Gasteiger partial charge on any atom is 0.146 e. The molecule has 0 aliphatic carbocycles. The maximum absolute atomic E-state index is 8.40. The third-order valence-electron chi connectivity index (χ3n) is 1.22. The molecule has 5 heteroatoms. The van der Waals surface area contributed by atoms with Crippen molar-refractivity contribution in [1.29, 1.82) is 0 Å². The van der Waals surface area contributed by atoms with Gasteiger partial charge < -0.3 is 24.4 Å². The van der Waals surface area contributed by atoms with E-state index >= 15 is 0 Å². The number of aliphatic hydroxyl groups is 2. The van der Waals surface area contributed by atoms with E-state index in [9.17, 15) is 0 Å². The first-order chi connectivity index (χ1) is 6.41. The Morgan fingerprint density at radius 2 is 1.38 bits per heavy atom. The quantitative estimate of drug-likeness (QED) is 0.358. The lowest BCUT2D eigenvalue weighted by Gasteiger charge is -2.05. The standard InChI is InChI=1S/C8H18O5/c9-2-1-4-12-8-13-7-6-11-5-3-10/h9-10H,1-8H2. The fraction of sp³-hybridized carbons (Fsp3) is 1.00. The van der Waals surface area contributed by atoms with Crippen LogP contribution in [-0.4, -0.2) is 56.6 Å². The summed E-state index contributed by atoms with van der Waals surface area (Å²) in [5, 5.41) is 16.8. The van der Waals surface area contributed by atoms with E-state index in [-0.39, 0.29) is 20.0 Å². The van der Waals surface area contributed by atoms with Gasteiger partial charge in [-0.15, -0.1) is 0 Å². The molecule has 0 aromatic carbocycles. The van der Waals surface area contributed by atoms with Gasteiger partial charge in [0.05, 0.1) is 33.0 Å².